The molecule has 0 aliphatic heterocycles. The first-order valence-corrected chi connectivity index (χ1v) is 6.95. The van der Waals surface area contributed by atoms with Crippen LogP contribution in [0.25, 0.3) is 10.9 Å². The Morgan fingerprint density at radius 3 is 2.72 bits per heavy atom. The maximum absolute atomic E-state index is 6.07. The van der Waals surface area contributed by atoms with Crippen LogP contribution in [0.1, 0.15) is 32.4 Å². The molecule has 0 aliphatic carbocycles. The molecular formula is C15H19ClN2. The molecule has 18 heavy (non-hydrogen) atoms. The molecule has 3 heteroatoms. The number of nitrogens with zero attached hydrogens (tertiary/aromatic N) is 1. The summed E-state index contributed by atoms with van der Waals surface area (Å²) in [7, 11) is 0. The molecule has 2 aromatic rings. The monoisotopic (exact) mass is 262 g/mol. The van der Waals surface area contributed by atoms with Crippen molar-refractivity contribution in [2.75, 3.05) is 11.9 Å². The third-order valence-corrected chi connectivity index (χ3v) is 3.13. The summed E-state index contributed by atoms with van der Waals surface area (Å²) in [6.45, 7) is 5.31. The number of hydrogen-bond donors (Lipinski definition) is 1. The van der Waals surface area contributed by atoms with E-state index in [0.29, 0.717) is 0 Å². The summed E-state index contributed by atoms with van der Waals surface area (Å²) in [5, 5.41) is 5.33. The second kappa shape index (κ2) is 6.05. The van der Waals surface area contributed by atoms with E-state index in [9.17, 15) is 0 Å². The minimum absolute atomic E-state index is 0.757. The van der Waals surface area contributed by atoms with Gasteiger partial charge >= 0.3 is 0 Å². The Bertz CT molecular complexity index is 537. The fourth-order valence-corrected chi connectivity index (χ4v) is 2.22. The van der Waals surface area contributed by atoms with Crippen molar-refractivity contribution in [3.8, 4) is 0 Å². The van der Waals surface area contributed by atoms with Crippen LogP contribution < -0.4 is 5.32 Å². The number of nitrogens with one attached hydrogen (secondary N) is 1. The molecule has 0 unspecified atom stereocenters. The highest BCUT2D eigenvalue weighted by molar-refractivity contribution is 6.31. The zero-order valence-electron chi connectivity index (χ0n) is 11.0. The van der Waals surface area contributed by atoms with Gasteiger partial charge in [-0.15, -0.1) is 0 Å². The summed E-state index contributed by atoms with van der Waals surface area (Å²) in [5.41, 5.74) is 3.31. The van der Waals surface area contributed by atoms with Crippen molar-refractivity contribution in [3.05, 3.63) is 35.0 Å². The van der Waals surface area contributed by atoms with Crippen LogP contribution in [0.2, 0.25) is 5.02 Å². The number of fused-ring (bicyclic) bond motifs is 1. The van der Waals surface area contributed by atoms with Crippen molar-refractivity contribution in [1.82, 2.24) is 4.98 Å². The normalized spacial score (nSPS) is 10.8. The summed E-state index contributed by atoms with van der Waals surface area (Å²) >= 11 is 6.07. The van der Waals surface area contributed by atoms with Gasteiger partial charge in [0.05, 0.1) is 5.52 Å². The smallest absolute Gasteiger partial charge is 0.0727 e. The van der Waals surface area contributed by atoms with Gasteiger partial charge in [-0.1, -0.05) is 31.9 Å². The Morgan fingerprint density at radius 1 is 1.17 bits per heavy atom. The molecule has 1 heterocycles. The molecule has 96 valence electrons. The van der Waals surface area contributed by atoms with Crippen molar-refractivity contribution in [3.63, 3.8) is 0 Å². The number of anilines is 1. The summed E-state index contributed by atoms with van der Waals surface area (Å²) in [6, 6.07) is 8.03. The Kier molecular flexibility index (Phi) is 4.43. The number of aryl methyl sites for hydroxylation is 1. The molecule has 1 aromatic heterocycles. The molecule has 1 aromatic carbocycles. The van der Waals surface area contributed by atoms with Crippen molar-refractivity contribution in [2.24, 2.45) is 0 Å². The van der Waals surface area contributed by atoms with Crippen LogP contribution in [0.3, 0.4) is 0 Å². The lowest BCUT2D eigenvalue weighted by atomic mass is 10.1. The quantitative estimate of drug-likeness (QED) is 0.848. The second-order valence-electron chi connectivity index (χ2n) is 4.50. The van der Waals surface area contributed by atoms with E-state index in [1.165, 1.54) is 0 Å². The molecule has 0 atom stereocenters. The van der Waals surface area contributed by atoms with Gasteiger partial charge < -0.3 is 5.32 Å². The van der Waals surface area contributed by atoms with Crippen LogP contribution in [-0.4, -0.2) is 11.5 Å². The maximum Gasteiger partial charge on any atom is 0.0727 e. The van der Waals surface area contributed by atoms with Gasteiger partial charge in [0.2, 0.25) is 0 Å². The van der Waals surface area contributed by atoms with E-state index in [1.54, 1.807) is 0 Å². The van der Waals surface area contributed by atoms with Gasteiger partial charge in [-0.05, 0) is 37.1 Å². The predicted octanol–water partition coefficient (Wildman–Crippen LogP) is 4.66. The largest absolute Gasteiger partial charge is 0.384 e. The SMILES string of the molecule is CCCNc1cc(CCC)nc2ccc(Cl)cc12. The highest BCUT2D eigenvalue weighted by Crippen LogP contribution is 2.26. The molecule has 1 N–H and O–H groups in total. The van der Waals surface area contributed by atoms with Crippen LogP contribution in [0.15, 0.2) is 24.3 Å². The standard InChI is InChI=1S/C15H19ClN2/c1-3-5-12-10-15(17-8-4-2)13-9-11(16)6-7-14(13)18-12/h6-7,9-10H,3-5,8H2,1-2H3,(H,17,18). The molecule has 0 saturated carbocycles. The first-order chi connectivity index (χ1) is 8.74. The zero-order chi connectivity index (χ0) is 13.0. The van der Waals surface area contributed by atoms with Crippen molar-refractivity contribution in [2.45, 2.75) is 33.1 Å². The average molecular weight is 263 g/mol. The minimum atomic E-state index is 0.757. The first-order valence-electron chi connectivity index (χ1n) is 6.57. The van der Waals surface area contributed by atoms with E-state index >= 15 is 0 Å². The van der Waals surface area contributed by atoms with Gasteiger partial charge in [0.1, 0.15) is 0 Å². The first kappa shape index (κ1) is 13.2. The Balaban J connectivity index is 2.50. The van der Waals surface area contributed by atoms with Gasteiger partial charge in [0.25, 0.3) is 0 Å². The minimum Gasteiger partial charge on any atom is -0.384 e. The van der Waals surface area contributed by atoms with E-state index in [0.717, 1.165) is 53.1 Å². The third-order valence-electron chi connectivity index (χ3n) is 2.90. The highest BCUT2D eigenvalue weighted by atomic mass is 35.5. The van der Waals surface area contributed by atoms with E-state index < -0.39 is 0 Å². The molecule has 0 bridgehead atoms. The van der Waals surface area contributed by atoms with Gasteiger partial charge in [-0.25, -0.2) is 0 Å². The molecule has 0 radical (unpaired) electrons. The van der Waals surface area contributed by atoms with Gasteiger partial charge in [-0.3, -0.25) is 4.98 Å². The van der Waals surface area contributed by atoms with Gasteiger partial charge in [0.15, 0.2) is 0 Å². The van der Waals surface area contributed by atoms with Crippen LogP contribution in [-0.2, 0) is 6.42 Å². The summed E-state index contributed by atoms with van der Waals surface area (Å²) in [6.07, 6.45) is 3.23. The second-order valence-corrected chi connectivity index (χ2v) is 4.94. The van der Waals surface area contributed by atoms with E-state index in [4.69, 9.17) is 11.6 Å². The molecule has 2 nitrogen and oxygen atoms in total. The highest BCUT2D eigenvalue weighted by Gasteiger charge is 2.06. The van der Waals surface area contributed by atoms with Crippen molar-refractivity contribution < 1.29 is 0 Å². The lowest BCUT2D eigenvalue weighted by Gasteiger charge is -2.11. The molecule has 0 spiro atoms. The van der Waals surface area contributed by atoms with E-state index in [1.807, 2.05) is 18.2 Å². The van der Waals surface area contributed by atoms with Crippen molar-refractivity contribution in [1.29, 1.82) is 0 Å². The van der Waals surface area contributed by atoms with Gasteiger partial charge in [-0.2, -0.15) is 0 Å². The molecule has 0 fully saturated rings. The lowest BCUT2D eigenvalue weighted by Crippen LogP contribution is -2.02. The number of rotatable bonds is 5. The van der Waals surface area contributed by atoms with E-state index in [-0.39, 0.29) is 0 Å². The van der Waals surface area contributed by atoms with Crippen molar-refractivity contribution >= 4 is 28.2 Å². The fourth-order valence-electron chi connectivity index (χ4n) is 2.04. The number of benzene rings is 1. The third kappa shape index (κ3) is 2.94. The lowest BCUT2D eigenvalue weighted by molar-refractivity contribution is 0.889. The number of aromatic nitrogens is 1. The molecule has 0 aliphatic rings. The summed E-state index contributed by atoms with van der Waals surface area (Å²) in [4.78, 5) is 4.68. The molecule has 2 rings (SSSR count). The van der Waals surface area contributed by atoms with E-state index in [2.05, 4.69) is 30.2 Å². The number of pyridine rings is 1. The molecule has 0 saturated heterocycles. The number of halogens is 1. The van der Waals surface area contributed by atoms with Crippen LogP contribution in [0, 0.1) is 0 Å². The summed E-state index contributed by atoms with van der Waals surface area (Å²) < 4.78 is 0. The van der Waals surface area contributed by atoms with Gasteiger partial charge in [0, 0.05) is 28.3 Å². The Labute approximate surface area is 113 Å². The zero-order valence-corrected chi connectivity index (χ0v) is 11.7. The Morgan fingerprint density at radius 2 is 2.00 bits per heavy atom. The van der Waals surface area contributed by atoms with Crippen LogP contribution >= 0.6 is 11.6 Å². The number of hydrogen-bond acceptors (Lipinski definition) is 2. The summed E-state index contributed by atoms with van der Waals surface area (Å²) in [5.74, 6) is 0. The van der Waals surface area contributed by atoms with Crippen LogP contribution in [0.4, 0.5) is 5.69 Å². The maximum atomic E-state index is 6.07. The van der Waals surface area contributed by atoms with Crippen LogP contribution in [0.5, 0.6) is 0 Å². The molecule has 0 amide bonds. The average Bonchev–Trinajstić information content (AvgIpc) is 2.37. The topological polar surface area (TPSA) is 24.9 Å². The predicted molar refractivity (Wildman–Crippen MR) is 79.5 cm³/mol. The fraction of sp³-hybridized carbons (Fsp3) is 0.400. The Hall–Kier alpha value is -1.28. The molecular weight excluding hydrogens is 244 g/mol.